The normalized spacial score (nSPS) is 13.6. The van der Waals surface area contributed by atoms with Crippen LogP contribution in [0, 0.1) is 0 Å². The second-order valence-electron chi connectivity index (χ2n) is 4.82. The molecule has 0 aliphatic rings. The van der Waals surface area contributed by atoms with Crippen LogP contribution in [0.5, 0.6) is 0 Å². The van der Waals surface area contributed by atoms with Crippen LogP contribution in [0.4, 0.5) is 0 Å². The number of hydrogen-bond donors (Lipinski definition) is 2. The Labute approximate surface area is 120 Å². The van der Waals surface area contributed by atoms with Crippen LogP contribution in [0.25, 0.3) is 0 Å². The van der Waals surface area contributed by atoms with E-state index < -0.39 is 10.0 Å². The number of thiophene rings is 1. The Kier molecular flexibility index (Phi) is 6.99. The van der Waals surface area contributed by atoms with Crippen molar-refractivity contribution in [1.29, 1.82) is 0 Å². The standard InChI is InChI=1S/C13H24N2O2S2/c1-3-4-5-6-7-11(2)15-19(16,17)13-8-12(9-14)18-10-13/h8,10-11,15H,3-7,9,14H2,1-2H3. The topological polar surface area (TPSA) is 72.2 Å². The van der Waals surface area contributed by atoms with Crippen LogP contribution in [0.1, 0.15) is 50.8 Å². The minimum Gasteiger partial charge on any atom is -0.326 e. The third-order valence-corrected chi connectivity index (χ3v) is 5.67. The molecule has 0 radical (unpaired) electrons. The second kappa shape index (κ2) is 7.99. The van der Waals surface area contributed by atoms with Gasteiger partial charge in [-0.05, 0) is 19.4 Å². The first-order valence-corrected chi connectivity index (χ1v) is 9.15. The smallest absolute Gasteiger partial charge is 0.241 e. The molecule has 110 valence electrons. The second-order valence-corrected chi connectivity index (χ2v) is 7.53. The molecule has 19 heavy (non-hydrogen) atoms. The van der Waals surface area contributed by atoms with E-state index in [1.54, 1.807) is 11.4 Å². The van der Waals surface area contributed by atoms with Crippen LogP contribution in [0.2, 0.25) is 0 Å². The molecule has 0 spiro atoms. The molecule has 1 heterocycles. The van der Waals surface area contributed by atoms with Gasteiger partial charge >= 0.3 is 0 Å². The Morgan fingerprint density at radius 2 is 2.11 bits per heavy atom. The Balaban J connectivity index is 2.49. The fourth-order valence-electron chi connectivity index (χ4n) is 1.88. The number of sulfonamides is 1. The van der Waals surface area contributed by atoms with Crippen molar-refractivity contribution in [3.05, 3.63) is 16.3 Å². The predicted molar refractivity (Wildman–Crippen MR) is 80.8 cm³/mol. The van der Waals surface area contributed by atoms with Gasteiger partial charge in [-0.25, -0.2) is 13.1 Å². The zero-order valence-electron chi connectivity index (χ0n) is 11.7. The first kappa shape index (κ1) is 16.6. The van der Waals surface area contributed by atoms with Crippen LogP contribution in [-0.2, 0) is 16.6 Å². The Bertz CT molecular complexity index is 469. The minimum absolute atomic E-state index is 0.0249. The van der Waals surface area contributed by atoms with E-state index in [4.69, 9.17) is 5.73 Å². The third kappa shape index (κ3) is 5.60. The molecule has 1 aromatic rings. The molecule has 6 heteroatoms. The zero-order chi connectivity index (χ0) is 14.3. The quantitative estimate of drug-likeness (QED) is 0.689. The fraction of sp³-hybridized carbons (Fsp3) is 0.692. The summed E-state index contributed by atoms with van der Waals surface area (Å²) in [6.07, 6.45) is 5.52. The van der Waals surface area contributed by atoms with E-state index in [1.165, 1.54) is 30.6 Å². The molecule has 0 saturated heterocycles. The molecular formula is C13H24N2O2S2. The van der Waals surface area contributed by atoms with Gasteiger partial charge < -0.3 is 5.73 Å². The zero-order valence-corrected chi connectivity index (χ0v) is 13.3. The van der Waals surface area contributed by atoms with Crippen LogP contribution >= 0.6 is 11.3 Å². The average molecular weight is 304 g/mol. The van der Waals surface area contributed by atoms with Gasteiger partial charge in [0, 0.05) is 22.8 Å². The lowest BCUT2D eigenvalue weighted by molar-refractivity contribution is 0.522. The Hall–Kier alpha value is -0.430. The van der Waals surface area contributed by atoms with E-state index in [1.807, 2.05) is 6.92 Å². The molecule has 3 N–H and O–H groups in total. The highest BCUT2D eigenvalue weighted by Crippen LogP contribution is 2.19. The summed E-state index contributed by atoms with van der Waals surface area (Å²) in [5, 5.41) is 1.65. The van der Waals surface area contributed by atoms with Gasteiger partial charge in [-0.2, -0.15) is 0 Å². The lowest BCUT2D eigenvalue weighted by atomic mass is 10.1. The third-order valence-electron chi connectivity index (χ3n) is 2.99. The van der Waals surface area contributed by atoms with Gasteiger partial charge in [0.15, 0.2) is 0 Å². The summed E-state index contributed by atoms with van der Waals surface area (Å²) in [4.78, 5) is 1.22. The van der Waals surface area contributed by atoms with Crippen molar-refractivity contribution in [2.24, 2.45) is 5.73 Å². The van der Waals surface area contributed by atoms with Crippen LogP contribution in [0.15, 0.2) is 16.3 Å². The van der Waals surface area contributed by atoms with E-state index in [9.17, 15) is 8.42 Å². The molecule has 0 bridgehead atoms. The number of hydrogen-bond acceptors (Lipinski definition) is 4. The molecule has 4 nitrogen and oxygen atoms in total. The molecule has 1 rings (SSSR count). The van der Waals surface area contributed by atoms with Crippen molar-refractivity contribution in [3.63, 3.8) is 0 Å². The summed E-state index contributed by atoms with van der Waals surface area (Å²) in [5.74, 6) is 0. The van der Waals surface area contributed by atoms with Gasteiger partial charge in [0.2, 0.25) is 10.0 Å². The summed E-state index contributed by atoms with van der Waals surface area (Å²) >= 11 is 1.38. The van der Waals surface area contributed by atoms with E-state index in [2.05, 4.69) is 11.6 Å². The maximum absolute atomic E-state index is 12.1. The lowest BCUT2D eigenvalue weighted by Gasteiger charge is -2.13. The number of nitrogens with one attached hydrogen (secondary N) is 1. The summed E-state index contributed by atoms with van der Waals surface area (Å²) in [5.41, 5.74) is 5.50. The Morgan fingerprint density at radius 3 is 2.68 bits per heavy atom. The molecule has 0 aliphatic carbocycles. The lowest BCUT2D eigenvalue weighted by Crippen LogP contribution is -2.32. The van der Waals surface area contributed by atoms with Crippen molar-refractivity contribution in [2.45, 2.75) is 63.4 Å². The highest BCUT2D eigenvalue weighted by molar-refractivity contribution is 7.89. The highest BCUT2D eigenvalue weighted by atomic mass is 32.2. The number of unbranched alkanes of at least 4 members (excludes halogenated alkanes) is 3. The van der Waals surface area contributed by atoms with Crippen molar-refractivity contribution in [1.82, 2.24) is 4.72 Å². The summed E-state index contributed by atoms with van der Waals surface area (Å²) < 4.78 is 27.0. The molecule has 1 atom stereocenters. The minimum atomic E-state index is -3.39. The van der Waals surface area contributed by atoms with Crippen molar-refractivity contribution in [2.75, 3.05) is 0 Å². The maximum atomic E-state index is 12.1. The highest BCUT2D eigenvalue weighted by Gasteiger charge is 2.18. The van der Waals surface area contributed by atoms with Gasteiger partial charge in [-0.3, -0.25) is 0 Å². The van der Waals surface area contributed by atoms with Gasteiger partial charge in [0.05, 0.1) is 4.90 Å². The first-order chi connectivity index (χ1) is 8.99. The van der Waals surface area contributed by atoms with Gasteiger partial charge in [0.25, 0.3) is 0 Å². The predicted octanol–water partition coefficient (Wildman–Crippen LogP) is 2.84. The molecule has 0 saturated carbocycles. The van der Waals surface area contributed by atoms with Crippen LogP contribution in [0.3, 0.4) is 0 Å². The molecule has 1 aromatic heterocycles. The van der Waals surface area contributed by atoms with Crippen molar-refractivity contribution < 1.29 is 8.42 Å². The maximum Gasteiger partial charge on any atom is 0.241 e. The van der Waals surface area contributed by atoms with E-state index >= 15 is 0 Å². The fourth-order valence-corrected chi connectivity index (χ4v) is 4.31. The van der Waals surface area contributed by atoms with Crippen LogP contribution in [-0.4, -0.2) is 14.5 Å². The van der Waals surface area contributed by atoms with E-state index in [-0.39, 0.29) is 6.04 Å². The summed E-state index contributed by atoms with van der Waals surface area (Å²) in [7, 11) is -3.39. The molecule has 0 aliphatic heterocycles. The summed E-state index contributed by atoms with van der Waals surface area (Å²) in [6.45, 7) is 4.46. The van der Waals surface area contributed by atoms with E-state index in [0.29, 0.717) is 11.4 Å². The molecule has 1 unspecified atom stereocenters. The molecular weight excluding hydrogens is 280 g/mol. The van der Waals surface area contributed by atoms with E-state index in [0.717, 1.165) is 17.7 Å². The molecule has 0 aromatic carbocycles. The van der Waals surface area contributed by atoms with Crippen LogP contribution < -0.4 is 10.5 Å². The molecule has 0 amide bonds. The van der Waals surface area contributed by atoms with Gasteiger partial charge in [0.1, 0.15) is 0 Å². The SMILES string of the molecule is CCCCCCC(C)NS(=O)(=O)c1csc(CN)c1. The average Bonchev–Trinajstić information content (AvgIpc) is 2.83. The van der Waals surface area contributed by atoms with Crippen molar-refractivity contribution in [3.8, 4) is 0 Å². The summed E-state index contributed by atoms with van der Waals surface area (Å²) in [6, 6.07) is 1.62. The number of nitrogens with two attached hydrogens (primary N) is 1. The van der Waals surface area contributed by atoms with Crippen molar-refractivity contribution >= 4 is 21.4 Å². The number of rotatable bonds is 9. The van der Waals surface area contributed by atoms with Gasteiger partial charge in [-0.1, -0.05) is 32.6 Å². The molecule has 0 fully saturated rings. The Morgan fingerprint density at radius 1 is 1.37 bits per heavy atom. The monoisotopic (exact) mass is 304 g/mol. The first-order valence-electron chi connectivity index (χ1n) is 6.79. The largest absolute Gasteiger partial charge is 0.326 e. The van der Waals surface area contributed by atoms with Gasteiger partial charge in [-0.15, -0.1) is 11.3 Å².